The molecule has 0 radical (unpaired) electrons. The summed E-state index contributed by atoms with van der Waals surface area (Å²) in [5, 5.41) is 0. The maximum atomic E-state index is 6.19. The molecule has 20 heavy (non-hydrogen) atoms. The van der Waals surface area contributed by atoms with Crippen molar-refractivity contribution in [2.75, 3.05) is 0 Å². The lowest BCUT2D eigenvalue weighted by Gasteiger charge is -2.38. The largest absolute Gasteiger partial charge is 0.490 e. The van der Waals surface area contributed by atoms with Gasteiger partial charge in [-0.05, 0) is 54.7 Å². The van der Waals surface area contributed by atoms with Crippen LogP contribution in [0, 0.1) is 11.3 Å². The highest BCUT2D eigenvalue weighted by Gasteiger charge is 2.33. The molecule has 1 saturated carbocycles. The Morgan fingerprint density at radius 3 is 2.45 bits per heavy atom. The average Bonchev–Trinajstić information content (AvgIpc) is 2.36. The van der Waals surface area contributed by atoms with E-state index in [0.29, 0.717) is 11.5 Å². The molecule has 0 aromatic heterocycles. The van der Waals surface area contributed by atoms with Crippen LogP contribution in [0.1, 0.15) is 65.0 Å². The first kappa shape index (κ1) is 15.4. The topological polar surface area (TPSA) is 35.2 Å². The summed E-state index contributed by atoms with van der Waals surface area (Å²) in [6.07, 6.45) is 4.93. The fourth-order valence-electron chi connectivity index (χ4n) is 3.57. The van der Waals surface area contributed by atoms with Crippen molar-refractivity contribution >= 4 is 0 Å². The summed E-state index contributed by atoms with van der Waals surface area (Å²) in [7, 11) is 0. The fourth-order valence-corrected chi connectivity index (χ4v) is 3.57. The van der Waals surface area contributed by atoms with E-state index in [1.807, 2.05) is 0 Å². The zero-order chi connectivity index (χ0) is 14.8. The Kier molecular flexibility index (Phi) is 4.74. The lowest BCUT2D eigenvalue weighted by molar-refractivity contribution is 0.0562. The van der Waals surface area contributed by atoms with Gasteiger partial charge in [0.05, 0.1) is 6.10 Å². The third-order valence-electron chi connectivity index (χ3n) is 4.40. The molecule has 1 aromatic rings. The van der Waals surface area contributed by atoms with E-state index in [1.54, 1.807) is 0 Å². The van der Waals surface area contributed by atoms with Crippen molar-refractivity contribution in [2.45, 2.75) is 65.5 Å². The molecular weight excluding hydrogens is 246 g/mol. The van der Waals surface area contributed by atoms with E-state index in [0.717, 1.165) is 24.5 Å². The van der Waals surface area contributed by atoms with E-state index in [9.17, 15) is 0 Å². The maximum Gasteiger partial charge on any atom is 0.119 e. The van der Waals surface area contributed by atoms with Gasteiger partial charge in [0.25, 0.3) is 0 Å². The second kappa shape index (κ2) is 6.17. The highest BCUT2D eigenvalue weighted by molar-refractivity contribution is 5.29. The van der Waals surface area contributed by atoms with Crippen LogP contribution in [0.25, 0.3) is 0 Å². The summed E-state index contributed by atoms with van der Waals surface area (Å²) in [5.74, 6) is 1.73. The van der Waals surface area contributed by atoms with Crippen molar-refractivity contribution in [1.82, 2.24) is 0 Å². The zero-order valence-corrected chi connectivity index (χ0v) is 13.4. The molecule has 3 atom stereocenters. The van der Waals surface area contributed by atoms with Gasteiger partial charge in [-0.2, -0.15) is 0 Å². The van der Waals surface area contributed by atoms with Crippen molar-refractivity contribution < 1.29 is 4.74 Å². The number of ether oxygens (including phenoxy) is 1. The van der Waals surface area contributed by atoms with Gasteiger partial charge in [-0.1, -0.05) is 39.8 Å². The molecule has 1 aliphatic carbocycles. The summed E-state index contributed by atoms with van der Waals surface area (Å²) in [5.41, 5.74) is 7.63. The van der Waals surface area contributed by atoms with Gasteiger partial charge in [0.2, 0.25) is 0 Å². The van der Waals surface area contributed by atoms with Gasteiger partial charge < -0.3 is 10.5 Å². The number of hydrogen-bond acceptors (Lipinski definition) is 2. The quantitative estimate of drug-likeness (QED) is 0.865. The lowest BCUT2D eigenvalue weighted by Crippen LogP contribution is -2.34. The fraction of sp³-hybridized carbons (Fsp3) is 0.667. The minimum Gasteiger partial charge on any atom is -0.490 e. The summed E-state index contributed by atoms with van der Waals surface area (Å²) in [6, 6.07) is 8.47. The van der Waals surface area contributed by atoms with Crippen LogP contribution in [0.5, 0.6) is 5.75 Å². The van der Waals surface area contributed by atoms with Gasteiger partial charge in [0, 0.05) is 6.04 Å². The SMILES string of the molecule is CC[C@H](N)c1ccc(OC2CC(C)CC(C)(C)C2)cc1. The summed E-state index contributed by atoms with van der Waals surface area (Å²) >= 11 is 0. The predicted octanol–water partition coefficient (Wildman–Crippen LogP) is 4.69. The zero-order valence-electron chi connectivity index (χ0n) is 13.4. The van der Waals surface area contributed by atoms with Crippen LogP contribution in [-0.2, 0) is 0 Å². The van der Waals surface area contributed by atoms with Crippen molar-refractivity contribution in [3.8, 4) is 5.75 Å². The Hall–Kier alpha value is -1.02. The third kappa shape index (κ3) is 3.99. The highest BCUT2D eigenvalue weighted by Crippen LogP contribution is 2.40. The summed E-state index contributed by atoms with van der Waals surface area (Å²) in [6.45, 7) is 9.14. The first-order chi connectivity index (χ1) is 9.39. The monoisotopic (exact) mass is 275 g/mol. The molecule has 1 fully saturated rings. The van der Waals surface area contributed by atoms with E-state index in [2.05, 4.69) is 52.0 Å². The second-order valence-electron chi connectivity index (χ2n) is 7.24. The van der Waals surface area contributed by atoms with Crippen LogP contribution < -0.4 is 10.5 Å². The van der Waals surface area contributed by atoms with Crippen LogP contribution in [0.2, 0.25) is 0 Å². The average molecular weight is 275 g/mol. The second-order valence-corrected chi connectivity index (χ2v) is 7.24. The standard InChI is InChI=1S/C18H29NO/c1-5-17(19)14-6-8-15(9-7-14)20-16-10-13(2)11-18(3,4)12-16/h6-9,13,16-17H,5,10-12,19H2,1-4H3/t13?,16?,17-/m0/s1. The molecule has 1 aliphatic rings. The van der Waals surface area contributed by atoms with Gasteiger partial charge in [-0.15, -0.1) is 0 Å². The molecule has 0 saturated heterocycles. The van der Waals surface area contributed by atoms with Crippen molar-refractivity contribution in [2.24, 2.45) is 17.1 Å². The van der Waals surface area contributed by atoms with E-state index in [4.69, 9.17) is 10.5 Å². The first-order valence-electron chi connectivity index (χ1n) is 7.92. The van der Waals surface area contributed by atoms with E-state index in [1.165, 1.54) is 18.4 Å². The van der Waals surface area contributed by atoms with Crippen LogP contribution in [0.4, 0.5) is 0 Å². The molecule has 2 N–H and O–H groups in total. The van der Waals surface area contributed by atoms with Gasteiger partial charge in [-0.3, -0.25) is 0 Å². The lowest BCUT2D eigenvalue weighted by atomic mass is 9.71. The van der Waals surface area contributed by atoms with Crippen LogP contribution in [-0.4, -0.2) is 6.10 Å². The minimum absolute atomic E-state index is 0.137. The minimum atomic E-state index is 0.137. The Morgan fingerprint density at radius 2 is 1.90 bits per heavy atom. The first-order valence-corrected chi connectivity index (χ1v) is 7.92. The van der Waals surface area contributed by atoms with Gasteiger partial charge in [0.1, 0.15) is 5.75 Å². The summed E-state index contributed by atoms with van der Waals surface area (Å²) < 4.78 is 6.19. The molecule has 0 heterocycles. The number of nitrogens with two attached hydrogens (primary N) is 1. The molecule has 0 bridgehead atoms. The maximum absolute atomic E-state index is 6.19. The summed E-state index contributed by atoms with van der Waals surface area (Å²) in [4.78, 5) is 0. The molecule has 2 nitrogen and oxygen atoms in total. The number of hydrogen-bond donors (Lipinski definition) is 1. The molecule has 1 aromatic carbocycles. The van der Waals surface area contributed by atoms with Crippen LogP contribution in [0.15, 0.2) is 24.3 Å². The Labute approximate surface area is 123 Å². The van der Waals surface area contributed by atoms with Crippen LogP contribution in [0.3, 0.4) is 0 Å². The van der Waals surface area contributed by atoms with Gasteiger partial charge in [-0.25, -0.2) is 0 Å². The van der Waals surface area contributed by atoms with E-state index in [-0.39, 0.29) is 6.04 Å². The van der Waals surface area contributed by atoms with E-state index < -0.39 is 0 Å². The Morgan fingerprint density at radius 1 is 1.25 bits per heavy atom. The highest BCUT2D eigenvalue weighted by atomic mass is 16.5. The van der Waals surface area contributed by atoms with Crippen molar-refractivity contribution in [1.29, 1.82) is 0 Å². The molecule has 0 spiro atoms. The van der Waals surface area contributed by atoms with E-state index >= 15 is 0 Å². The van der Waals surface area contributed by atoms with Crippen molar-refractivity contribution in [3.05, 3.63) is 29.8 Å². The number of benzene rings is 1. The molecular formula is C18H29NO. The molecule has 0 amide bonds. The number of rotatable bonds is 4. The Balaban J connectivity index is 1.99. The normalized spacial score (nSPS) is 27.1. The predicted molar refractivity (Wildman–Crippen MR) is 84.9 cm³/mol. The molecule has 112 valence electrons. The Bertz CT molecular complexity index is 424. The van der Waals surface area contributed by atoms with Gasteiger partial charge >= 0.3 is 0 Å². The van der Waals surface area contributed by atoms with Gasteiger partial charge in [0.15, 0.2) is 0 Å². The molecule has 2 unspecified atom stereocenters. The smallest absolute Gasteiger partial charge is 0.119 e. The molecule has 2 rings (SSSR count). The van der Waals surface area contributed by atoms with Crippen LogP contribution >= 0.6 is 0 Å². The molecule has 2 heteroatoms. The van der Waals surface area contributed by atoms with Crippen molar-refractivity contribution in [3.63, 3.8) is 0 Å². The third-order valence-corrected chi connectivity index (χ3v) is 4.40. The molecule has 0 aliphatic heterocycles.